The number of likely N-dealkylation sites (tertiary alicyclic amines) is 2. The molecule has 4 rings (SSSR count). The second kappa shape index (κ2) is 7.20. The highest BCUT2D eigenvalue weighted by molar-refractivity contribution is 7.17. The van der Waals surface area contributed by atoms with Gasteiger partial charge in [-0.1, -0.05) is 11.3 Å². The first-order chi connectivity index (χ1) is 13.0. The van der Waals surface area contributed by atoms with Crippen LogP contribution in [-0.4, -0.2) is 65.3 Å². The second-order valence-corrected chi connectivity index (χ2v) is 8.87. The highest BCUT2D eigenvalue weighted by Crippen LogP contribution is 2.37. The summed E-state index contributed by atoms with van der Waals surface area (Å²) in [5.74, 6) is -0.231. The Morgan fingerprint density at radius 2 is 2.00 bits per heavy atom. The van der Waals surface area contributed by atoms with Crippen LogP contribution >= 0.6 is 11.3 Å². The number of amides is 2. The van der Waals surface area contributed by atoms with E-state index in [-0.39, 0.29) is 16.8 Å². The number of carbonyl (C=O) groups is 2. The molecule has 1 aromatic heterocycles. The highest BCUT2D eigenvalue weighted by Gasteiger charge is 2.42. The summed E-state index contributed by atoms with van der Waals surface area (Å²) in [5, 5.41) is 14.2. The third kappa shape index (κ3) is 3.45. The standard InChI is InChI=1S/C18H24N4O4S/c23-16(20-10-6-18(7-11-20)5-8-19-12-18)13-2-1-9-21(13)17(24)14-3-4-15(27-14)22(25)26/h3-4,13,19H,1-2,5-12H2. The lowest BCUT2D eigenvalue weighted by molar-refractivity contribution is -0.380. The molecule has 1 unspecified atom stereocenters. The number of piperidine rings is 1. The molecule has 3 fully saturated rings. The van der Waals surface area contributed by atoms with Gasteiger partial charge in [-0.25, -0.2) is 0 Å². The average Bonchev–Trinajstić information content (AvgIpc) is 3.42. The van der Waals surface area contributed by atoms with Gasteiger partial charge in [0.1, 0.15) is 6.04 Å². The Balaban J connectivity index is 1.42. The number of thiophene rings is 1. The fourth-order valence-electron chi connectivity index (χ4n) is 4.58. The number of hydrogen-bond acceptors (Lipinski definition) is 6. The Hall–Kier alpha value is -2.00. The maximum atomic E-state index is 13.1. The van der Waals surface area contributed by atoms with Crippen LogP contribution in [0.2, 0.25) is 0 Å². The summed E-state index contributed by atoms with van der Waals surface area (Å²) in [7, 11) is 0. The zero-order valence-electron chi connectivity index (χ0n) is 15.2. The number of nitrogens with one attached hydrogen (secondary N) is 1. The van der Waals surface area contributed by atoms with Gasteiger partial charge < -0.3 is 15.1 Å². The van der Waals surface area contributed by atoms with E-state index < -0.39 is 11.0 Å². The predicted molar refractivity (Wildman–Crippen MR) is 101 cm³/mol. The summed E-state index contributed by atoms with van der Waals surface area (Å²) in [6.07, 6.45) is 4.67. The summed E-state index contributed by atoms with van der Waals surface area (Å²) in [6.45, 7) is 4.14. The van der Waals surface area contributed by atoms with Crippen LogP contribution in [0.5, 0.6) is 0 Å². The fourth-order valence-corrected chi connectivity index (χ4v) is 5.36. The number of rotatable bonds is 3. The first-order valence-electron chi connectivity index (χ1n) is 9.54. The van der Waals surface area contributed by atoms with Gasteiger partial charge in [0.05, 0.1) is 9.80 Å². The van der Waals surface area contributed by atoms with Crippen molar-refractivity contribution < 1.29 is 14.5 Å². The molecule has 9 heteroatoms. The van der Waals surface area contributed by atoms with Gasteiger partial charge in [0.2, 0.25) is 5.91 Å². The number of nitrogens with zero attached hydrogens (tertiary/aromatic N) is 3. The summed E-state index contributed by atoms with van der Waals surface area (Å²) >= 11 is 0.876. The molecule has 0 radical (unpaired) electrons. The topological polar surface area (TPSA) is 95.8 Å². The Morgan fingerprint density at radius 3 is 2.63 bits per heavy atom. The van der Waals surface area contributed by atoms with Gasteiger partial charge in [-0.3, -0.25) is 19.7 Å². The van der Waals surface area contributed by atoms with Crippen LogP contribution < -0.4 is 5.32 Å². The van der Waals surface area contributed by atoms with Crippen molar-refractivity contribution in [1.29, 1.82) is 0 Å². The SMILES string of the molecule is O=C(C1CCCN1C(=O)c1ccc([N+](=O)[O-])s1)N1CCC2(CCNC2)CC1. The van der Waals surface area contributed by atoms with Crippen LogP contribution in [0.1, 0.15) is 41.8 Å². The van der Waals surface area contributed by atoms with E-state index in [1.165, 1.54) is 18.6 Å². The summed E-state index contributed by atoms with van der Waals surface area (Å²) < 4.78 is 0. The Labute approximate surface area is 161 Å². The minimum absolute atomic E-state index is 0.0349. The zero-order valence-corrected chi connectivity index (χ0v) is 16.0. The maximum absolute atomic E-state index is 13.1. The highest BCUT2D eigenvalue weighted by atomic mass is 32.1. The van der Waals surface area contributed by atoms with Crippen molar-refractivity contribution in [2.24, 2.45) is 5.41 Å². The van der Waals surface area contributed by atoms with E-state index in [1.807, 2.05) is 4.90 Å². The Bertz CT molecular complexity index is 748. The first kappa shape index (κ1) is 18.4. The number of carbonyl (C=O) groups excluding carboxylic acids is 2. The summed E-state index contributed by atoms with van der Waals surface area (Å²) in [5.41, 5.74) is 0.345. The molecule has 1 N–H and O–H groups in total. The predicted octanol–water partition coefficient (Wildman–Crippen LogP) is 1.86. The minimum atomic E-state index is -0.491. The normalized spacial score (nSPS) is 24.5. The van der Waals surface area contributed by atoms with E-state index in [0.29, 0.717) is 23.3 Å². The van der Waals surface area contributed by atoms with Crippen LogP contribution in [0.4, 0.5) is 5.00 Å². The van der Waals surface area contributed by atoms with Gasteiger partial charge in [-0.2, -0.15) is 0 Å². The van der Waals surface area contributed by atoms with E-state index in [4.69, 9.17) is 0 Å². The molecule has 1 atom stereocenters. The molecule has 27 heavy (non-hydrogen) atoms. The molecule has 146 valence electrons. The number of nitro groups is 1. The van der Waals surface area contributed by atoms with Crippen LogP contribution in [0, 0.1) is 15.5 Å². The van der Waals surface area contributed by atoms with E-state index in [0.717, 1.165) is 56.8 Å². The van der Waals surface area contributed by atoms with E-state index >= 15 is 0 Å². The lowest BCUT2D eigenvalue weighted by atomic mass is 9.77. The van der Waals surface area contributed by atoms with Gasteiger partial charge in [-0.15, -0.1) is 0 Å². The van der Waals surface area contributed by atoms with Crippen molar-refractivity contribution in [3.63, 3.8) is 0 Å². The molecule has 8 nitrogen and oxygen atoms in total. The third-order valence-corrected chi connectivity index (χ3v) is 7.27. The maximum Gasteiger partial charge on any atom is 0.324 e. The lowest BCUT2D eigenvalue weighted by Crippen LogP contribution is -2.51. The molecule has 0 aliphatic carbocycles. The van der Waals surface area contributed by atoms with Crippen LogP contribution in [0.3, 0.4) is 0 Å². The molecule has 4 heterocycles. The molecule has 3 aliphatic rings. The third-order valence-electron chi connectivity index (χ3n) is 6.25. The second-order valence-electron chi connectivity index (χ2n) is 7.80. The largest absolute Gasteiger partial charge is 0.341 e. The van der Waals surface area contributed by atoms with Crippen molar-refractivity contribution in [1.82, 2.24) is 15.1 Å². The van der Waals surface area contributed by atoms with Crippen molar-refractivity contribution in [3.8, 4) is 0 Å². The fraction of sp³-hybridized carbons (Fsp3) is 0.667. The molecule has 0 saturated carbocycles. The van der Waals surface area contributed by atoms with E-state index in [1.54, 1.807) is 4.90 Å². The molecular weight excluding hydrogens is 368 g/mol. The quantitative estimate of drug-likeness (QED) is 0.626. The molecular formula is C18H24N4O4S. The van der Waals surface area contributed by atoms with Gasteiger partial charge in [0.25, 0.3) is 5.91 Å². The van der Waals surface area contributed by atoms with Gasteiger partial charge in [0.15, 0.2) is 0 Å². The van der Waals surface area contributed by atoms with Crippen molar-refractivity contribution in [3.05, 3.63) is 27.1 Å². The molecule has 3 saturated heterocycles. The van der Waals surface area contributed by atoms with Crippen molar-refractivity contribution >= 4 is 28.2 Å². The Morgan fingerprint density at radius 1 is 1.22 bits per heavy atom. The van der Waals surface area contributed by atoms with Gasteiger partial charge >= 0.3 is 5.00 Å². The summed E-state index contributed by atoms with van der Waals surface area (Å²) in [4.78, 5) is 40.1. The molecule has 3 aliphatic heterocycles. The van der Waals surface area contributed by atoms with Crippen LogP contribution in [-0.2, 0) is 4.79 Å². The van der Waals surface area contributed by atoms with E-state index in [2.05, 4.69) is 5.32 Å². The first-order valence-corrected chi connectivity index (χ1v) is 10.4. The van der Waals surface area contributed by atoms with E-state index in [9.17, 15) is 19.7 Å². The van der Waals surface area contributed by atoms with Crippen LogP contribution in [0.15, 0.2) is 12.1 Å². The molecule has 2 amide bonds. The number of hydrogen-bond donors (Lipinski definition) is 1. The average molecular weight is 392 g/mol. The van der Waals surface area contributed by atoms with Crippen LogP contribution in [0.25, 0.3) is 0 Å². The molecule has 0 bridgehead atoms. The Kier molecular flexibility index (Phi) is 4.90. The zero-order chi connectivity index (χ0) is 19.0. The lowest BCUT2D eigenvalue weighted by Gasteiger charge is -2.40. The molecule has 1 spiro atoms. The minimum Gasteiger partial charge on any atom is -0.341 e. The molecule has 1 aromatic rings. The monoisotopic (exact) mass is 392 g/mol. The van der Waals surface area contributed by atoms with Crippen molar-refractivity contribution in [2.75, 3.05) is 32.7 Å². The van der Waals surface area contributed by atoms with Crippen molar-refractivity contribution in [2.45, 2.75) is 38.1 Å². The smallest absolute Gasteiger partial charge is 0.324 e. The summed E-state index contributed by atoms with van der Waals surface area (Å²) in [6, 6.07) is 2.40. The van der Waals surface area contributed by atoms with Gasteiger partial charge in [-0.05, 0) is 50.1 Å². The molecule has 0 aromatic carbocycles. The van der Waals surface area contributed by atoms with Gasteiger partial charge in [0, 0.05) is 32.2 Å².